The van der Waals surface area contributed by atoms with E-state index >= 15 is 0 Å². The summed E-state index contributed by atoms with van der Waals surface area (Å²) in [5.74, 6) is 0.438. The van der Waals surface area contributed by atoms with Crippen molar-refractivity contribution in [2.75, 3.05) is 6.61 Å². The molecule has 0 saturated carbocycles. The summed E-state index contributed by atoms with van der Waals surface area (Å²) in [4.78, 5) is 0. The first-order valence-electron chi connectivity index (χ1n) is 5.86. The van der Waals surface area contributed by atoms with Crippen molar-refractivity contribution in [1.29, 1.82) is 0 Å². The number of hydrogen-bond donors (Lipinski definition) is 1. The molecule has 2 aromatic carbocycles. The average molecular weight is 246 g/mol. The third kappa shape index (κ3) is 3.08. The minimum Gasteiger partial charge on any atom is -0.493 e. The van der Waals surface area contributed by atoms with Crippen LogP contribution >= 0.6 is 0 Å². The molecule has 0 heterocycles. The minimum atomic E-state index is -0.212. The molecular formula is C15H15FO2. The van der Waals surface area contributed by atoms with Crippen LogP contribution in [0.2, 0.25) is 0 Å². The van der Waals surface area contributed by atoms with Gasteiger partial charge in [-0.1, -0.05) is 36.4 Å². The Morgan fingerprint density at radius 2 is 1.61 bits per heavy atom. The van der Waals surface area contributed by atoms with Crippen molar-refractivity contribution in [2.24, 2.45) is 0 Å². The van der Waals surface area contributed by atoms with Gasteiger partial charge in [0, 0.05) is 12.0 Å². The Morgan fingerprint density at radius 3 is 2.33 bits per heavy atom. The Labute approximate surface area is 106 Å². The molecule has 18 heavy (non-hydrogen) atoms. The predicted octanol–water partition coefficient (Wildman–Crippen LogP) is 2.94. The molecule has 0 aliphatic heterocycles. The quantitative estimate of drug-likeness (QED) is 0.879. The van der Waals surface area contributed by atoms with Gasteiger partial charge in [0.2, 0.25) is 0 Å². The lowest BCUT2D eigenvalue weighted by Gasteiger charge is -2.10. The van der Waals surface area contributed by atoms with Crippen molar-refractivity contribution in [1.82, 2.24) is 0 Å². The second kappa shape index (κ2) is 6.17. The summed E-state index contributed by atoms with van der Waals surface area (Å²) < 4.78 is 18.9. The number of ether oxygens (including phenoxy) is 1. The summed E-state index contributed by atoms with van der Waals surface area (Å²) in [6.07, 6.45) is 0.506. The van der Waals surface area contributed by atoms with Crippen LogP contribution in [0, 0.1) is 5.82 Å². The first-order valence-corrected chi connectivity index (χ1v) is 5.86. The highest BCUT2D eigenvalue weighted by atomic mass is 19.1. The fraction of sp³-hybridized carbons (Fsp3) is 0.200. The third-order valence-corrected chi connectivity index (χ3v) is 2.73. The van der Waals surface area contributed by atoms with E-state index < -0.39 is 0 Å². The first-order chi connectivity index (χ1) is 8.81. The van der Waals surface area contributed by atoms with Gasteiger partial charge in [0.05, 0.1) is 13.2 Å². The molecule has 2 aromatic rings. The Morgan fingerprint density at radius 1 is 0.944 bits per heavy atom. The smallest absolute Gasteiger partial charge is 0.126 e. The van der Waals surface area contributed by atoms with Crippen LogP contribution in [0.4, 0.5) is 4.39 Å². The van der Waals surface area contributed by atoms with Gasteiger partial charge in [0.1, 0.15) is 11.6 Å². The number of hydrogen-bond acceptors (Lipinski definition) is 2. The fourth-order valence-corrected chi connectivity index (χ4v) is 1.75. The highest BCUT2D eigenvalue weighted by molar-refractivity contribution is 5.32. The van der Waals surface area contributed by atoms with Gasteiger partial charge in [0.25, 0.3) is 0 Å². The fourth-order valence-electron chi connectivity index (χ4n) is 1.75. The van der Waals surface area contributed by atoms with Gasteiger partial charge in [-0.25, -0.2) is 4.39 Å². The Hall–Kier alpha value is -1.87. The highest BCUT2D eigenvalue weighted by Crippen LogP contribution is 2.18. The number of benzene rings is 2. The summed E-state index contributed by atoms with van der Waals surface area (Å²) in [6, 6.07) is 14.0. The van der Waals surface area contributed by atoms with Crippen molar-refractivity contribution in [3.63, 3.8) is 0 Å². The van der Waals surface area contributed by atoms with Crippen molar-refractivity contribution < 1.29 is 14.2 Å². The Bertz CT molecular complexity index is 511. The number of halogens is 1. The zero-order chi connectivity index (χ0) is 12.8. The molecule has 0 saturated heterocycles. The molecule has 0 aromatic heterocycles. The van der Waals surface area contributed by atoms with E-state index in [2.05, 4.69) is 0 Å². The molecule has 0 aliphatic rings. The maximum atomic E-state index is 13.4. The van der Waals surface area contributed by atoms with Crippen LogP contribution in [-0.4, -0.2) is 11.7 Å². The molecule has 0 spiro atoms. The summed E-state index contributed by atoms with van der Waals surface area (Å²) in [7, 11) is 0. The summed E-state index contributed by atoms with van der Waals surface area (Å²) in [5, 5.41) is 9.14. The van der Waals surface area contributed by atoms with Gasteiger partial charge in [-0.15, -0.1) is 0 Å². The highest BCUT2D eigenvalue weighted by Gasteiger charge is 2.03. The van der Waals surface area contributed by atoms with E-state index in [9.17, 15) is 4.39 Å². The number of aliphatic hydroxyl groups is 1. The van der Waals surface area contributed by atoms with Crippen molar-refractivity contribution in [2.45, 2.75) is 13.0 Å². The average Bonchev–Trinajstić information content (AvgIpc) is 2.41. The summed E-state index contributed by atoms with van der Waals surface area (Å²) in [5.41, 5.74) is 1.38. The molecule has 94 valence electrons. The molecule has 2 rings (SSSR count). The maximum absolute atomic E-state index is 13.4. The first kappa shape index (κ1) is 12.6. The Kier molecular flexibility index (Phi) is 4.31. The van der Waals surface area contributed by atoms with Crippen molar-refractivity contribution in [3.8, 4) is 5.75 Å². The minimum absolute atomic E-state index is 0.0597. The van der Waals surface area contributed by atoms with Gasteiger partial charge in [-0.2, -0.15) is 0 Å². The van der Waals surface area contributed by atoms with E-state index in [0.717, 1.165) is 5.56 Å². The molecule has 0 atom stereocenters. The van der Waals surface area contributed by atoms with E-state index in [4.69, 9.17) is 9.84 Å². The molecule has 0 unspecified atom stereocenters. The van der Waals surface area contributed by atoms with Gasteiger partial charge in [-0.05, 0) is 17.7 Å². The molecule has 1 N–H and O–H groups in total. The Balaban J connectivity index is 1.95. The van der Waals surface area contributed by atoms with Gasteiger partial charge < -0.3 is 9.84 Å². The molecule has 2 nitrogen and oxygen atoms in total. The van der Waals surface area contributed by atoms with Gasteiger partial charge in [-0.3, -0.25) is 0 Å². The number of aliphatic hydroxyl groups excluding tert-OH is 1. The van der Waals surface area contributed by atoms with E-state index in [0.29, 0.717) is 24.3 Å². The van der Waals surface area contributed by atoms with Gasteiger partial charge >= 0.3 is 0 Å². The largest absolute Gasteiger partial charge is 0.493 e. The predicted molar refractivity (Wildman–Crippen MR) is 68.0 cm³/mol. The summed E-state index contributed by atoms with van der Waals surface area (Å²) in [6.45, 7) is 0.327. The molecule has 0 bridgehead atoms. The second-order valence-corrected chi connectivity index (χ2v) is 3.96. The van der Waals surface area contributed by atoms with Crippen LogP contribution in [0.15, 0.2) is 48.5 Å². The molecule has 0 aliphatic carbocycles. The van der Waals surface area contributed by atoms with Crippen LogP contribution in [0.1, 0.15) is 11.1 Å². The van der Waals surface area contributed by atoms with Crippen LogP contribution in [0.5, 0.6) is 5.75 Å². The van der Waals surface area contributed by atoms with E-state index in [1.54, 1.807) is 30.3 Å². The normalized spacial score (nSPS) is 10.3. The standard InChI is InChI=1S/C15H15FO2/c16-14-7-3-1-5-12(14)9-10-18-15-8-4-2-6-13(15)11-17/h1-8,17H,9-11H2. The molecule has 3 heteroatoms. The zero-order valence-corrected chi connectivity index (χ0v) is 9.97. The van der Waals surface area contributed by atoms with Crippen LogP contribution in [0.3, 0.4) is 0 Å². The van der Waals surface area contributed by atoms with Crippen LogP contribution in [0.25, 0.3) is 0 Å². The maximum Gasteiger partial charge on any atom is 0.126 e. The number of para-hydroxylation sites is 1. The number of rotatable bonds is 5. The molecular weight excluding hydrogens is 231 g/mol. The topological polar surface area (TPSA) is 29.5 Å². The van der Waals surface area contributed by atoms with Crippen molar-refractivity contribution in [3.05, 3.63) is 65.5 Å². The monoisotopic (exact) mass is 246 g/mol. The van der Waals surface area contributed by atoms with Crippen molar-refractivity contribution >= 4 is 0 Å². The third-order valence-electron chi connectivity index (χ3n) is 2.73. The SMILES string of the molecule is OCc1ccccc1OCCc1ccccc1F. The zero-order valence-electron chi connectivity index (χ0n) is 9.97. The van der Waals surface area contributed by atoms with Crippen LogP contribution in [-0.2, 0) is 13.0 Å². The van der Waals surface area contributed by atoms with Gasteiger partial charge in [0.15, 0.2) is 0 Å². The molecule has 0 radical (unpaired) electrons. The molecule has 0 amide bonds. The summed E-state index contributed by atoms with van der Waals surface area (Å²) >= 11 is 0. The van der Waals surface area contributed by atoms with Crippen LogP contribution < -0.4 is 4.74 Å². The van der Waals surface area contributed by atoms with E-state index in [1.807, 2.05) is 12.1 Å². The molecule has 0 fully saturated rings. The lowest BCUT2D eigenvalue weighted by molar-refractivity contribution is 0.263. The second-order valence-electron chi connectivity index (χ2n) is 3.96. The van der Waals surface area contributed by atoms with E-state index in [1.165, 1.54) is 6.07 Å². The lowest BCUT2D eigenvalue weighted by atomic mass is 10.1. The lowest BCUT2D eigenvalue weighted by Crippen LogP contribution is -2.04. The van der Waals surface area contributed by atoms with E-state index in [-0.39, 0.29) is 12.4 Å².